The Kier molecular flexibility index (Phi) is 5.24. The Balaban J connectivity index is 1.76. The highest BCUT2D eigenvalue weighted by atomic mass is 35.5. The molecule has 2 heterocycles. The number of ether oxygens (including phenoxy) is 1. The van der Waals surface area contributed by atoms with E-state index in [0.717, 1.165) is 10.5 Å². The van der Waals surface area contributed by atoms with Gasteiger partial charge >= 0.3 is 6.03 Å². The zero-order valence-electron chi connectivity index (χ0n) is 15.6. The van der Waals surface area contributed by atoms with Crippen molar-refractivity contribution in [2.75, 3.05) is 19.0 Å². The van der Waals surface area contributed by atoms with Crippen LogP contribution in [0.15, 0.2) is 36.5 Å². The van der Waals surface area contributed by atoms with E-state index in [-0.39, 0.29) is 5.82 Å². The summed E-state index contributed by atoms with van der Waals surface area (Å²) in [4.78, 5) is 42.4. The highest BCUT2D eigenvalue weighted by Crippen LogP contribution is 2.31. The van der Waals surface area contributed by atoms with E-state index in [0.29, 0.717) is 16.3 Å². The van der Waals surface area contributed by atoms with Crippen LogP contribution in [0, 0.1) is 6.92 Å². The molecule has 0 radical (unpaired) electrons. The van der Waals surface area contributed by atoms with Crippen molar-refractivity contribution in [1.82, 2.24) is 15.2 Å². The average Bonchev–Trinajstić information content (AvgIpc) is 2.87. The Labute approximate surface area is 166 Å². The molecule has 3 rings (SSSR count). The molecule has 1 unspecified atom stereocenters. The first kappa shape index (κ1) is 19.6. The molecule has 0 saturated carbocycles. The Bertz CT molecular complexity index is 947. The SMILES string of the molecule is COc1ccc(C2(C)NC(=O)N(CC(=O)Nc3ccc(Cl)cn3)C2=O)cc1C. The molecule has 0 spiro atoms. The summed E-state index contributed by atoms with van der Waals surface area (Å²) in [5.74, 6) is -0.111. The molecule has 1 saturated heterocycles. The number of methoxy groups -OCH3 is 1. The minimum atomic E-state index is -1.27. The number of nitrogens with one attached hydrogen (secondary N) is 2. The van der Waals surface area contributed by atoms with E-state index in [1.54, 1.807) is 38.3 Å². The van der Waals surface area contributed by atoms with E-state index in [4.69, 9.17) is 16.3 Å². The van der Waals surface area contributed by atoms with Crippen molar-refractivity contribution in [2.24, 2.45) is 0 Å². The maximum absolute atomic E-state index is 12.9. The van der Waals surface area contributed by atoms with Gasteiger partial charge in [0.1, 0.15) is 23.7 Å². The third-order valence-corrected chi connectivity index (χ3v) is 4.77. The molecule has 2 N–H and O–H groups in total. The lowest BCUT2D eigenvalue weighted by Crippen LogP contribution is -2.42. The first-order valence-corrected chi connectivity index (χ1v) is 8.83. The highest BCUT2D eigenvalue weighted by molar-refractivity contribution is 6.30. The third-order valence-electron chi connectivity index (χ3n) is 4.54. The zero-order chi connectivity index (χ0) is 20.5. The number of benzene rings is 1. The van der Waals surface area contributed by atoms with Gasteiger partial charge in [0.2, 0.25) is 5.91 Å². The number of hydrogen-bond acceptors (Lipinski definition) is 5. The van der Waals surface area contributed by atoms with Crippen LogP contribution in [0.3, 0.4) is 0 Å². The van der Waals surface area contributed by atoms with Crippen LogP contribution in [0.4, 0.5) is 10.6 Å². The van der Waals surface area contributed by atoms with Crippen LogP contribution in [0.5, 0.6) is 5.75 Å². The predicted molar refractivity (Wildman–Crippen MR) is 103 cm³/mol. The molecule has 1 aromatic carbocycles. The number of aromatic nitrogens is 1. The van der Waals surface area contributed by atoms with Gasteiger partial charge in [0.15, 0.2) is 0 Å². The maximum atomic E-state index is 12.9. The molecular weight excluding hydrogens is 384 g/mol. The summed E-state index contributed by atoms with van der Waals surface area (Å²) in [6.07, 6.45) is 1.38. The van der Waals surface area contributed by atoms with Gasteiger partial charge < -0.3 is 15.4 Å². The first-order chi connectivity index (χ1) is 13.2. The van der Waals surface area contributed by atoms with Crippen molar-refractivity contribution in [3.05, 3.63) is 52.7 Å². The number of urea groups is 1. The van der Waals surface area contributed by atoms with Gasteiger partial charge in [-0.3, -0.25) is 14.5 Å². The number of pyridine rings is 1. The van der Waals surface area contributed by atoms with Gasteiger partial charge in [-0.05, 0) is 49.2 Å². The Morgan fingerprint density at radius 1 is 1.32 bits per heavy atom. The minimum absolute atomic E-state index is 0.273. The Hall–Kier alpha value is -3.13. The fourth-order valence-corrected chi connectivity index (χ4v) is 3.11. The second-order valence-electron chi connectivity index (χ2n) is 6.54. The molecule has 4 amide bonds. The number of amides is 4. The number of anilines is 1. The van der Waals surface area contributed by atoms with Crippen LogP contribution < -0.4 is 15.4 Å². The third kappa shape index (κ3) is 3.63. The molecule has 1 aliphatic heterocycles. The molecule has 1 fully saturated rings. The number of hydrogen-bond donors (Lipinski definition) is 2. The predicted octanol–water partition coefficient (Wildman–Crippen LogP) is 2.46. The molecule has 2 aromatic rings. The summed E-state index contributed by atoms with van der Waals surface area (Å²) < 4.78 is 5.23. The quantitative estimate of drug-likeness (QED) is 0.748. The van der Waals surface area contributed by atoms with Gasteiger partial charge in [0, 0.05) is 6.20 Å². The average molecular weight is 403 g/mol. The van der Waals surface area contributed by atoms with Crippen molar-refractivity contribution in [2.45, 2.75) is 19.4 Å². The summed E-state index contributed by atoms with van der Waals surface area (Å²) in [5.41, 5.74) is 0.159. The van der Waals surface area contributed by atoms with Crippen LogP contribution in [-0.2, 0) is 15.1 Å². The number of imide groups is 1. The van der Waals surface area contributed by atoms with Crippen LogP contribution >= 0.6 is 11.6 Å². The van der Waals surface area contributed by atoms with Crippen molar-refractivity contribution >= 4 is 35.3 Å². The second kappa shape index (κ2) is 7.47. The lowest BCUT2D eigenvalue weighted by molar-refractivity contribution is -0.133. The zero-order valence-corrected chi connectivity index (χ0v) is 16.3. The van der Waals surface area contributed by atoms with E-state index in [1.807, 2.05) is 6.92 Å². The van der Waals surface area contributed by atoms with Gasteiger partial charge in [-0.25, -0.2) is 9.78 Å². The molecule has 1 atom stereocenters. The van der Waals surface area contributed by atoms with E-state index >= 15 is 0 Å². The summed E-state index contributed by atoms with van der Waals surface area (Å²) in [6, 6.07) is 7.68. The normalized spacial score (nSPS) is 18.8. The summed E-state index contributed by atoms with van der Waals surface area (Å²) in [5, 5.41) is 5.63. The van der Waals surface area contributed by atoms with Crippen LogP contribution in [-0.4, -0.2) is 41.4 Å². The van der Waals surface area contributed by atoms with Gasteiger partial charge in [0.25, 0.3) is 5.91 Å². The molecule has 0 bridgehead atoms. The van der Waals surface area contributed by atoms with E-state index in [9.17, 15) is 14.4 Å². The van der Waals surface area contributed by atoms with E-state index in [2.05, 4.69) is 15.6 Å². The summed E-state index contributed by atoms with van der Waals surface area (Å²) >= 11 is 5.75. The monoisotopic (exact) mass is 402 g/mol. The Morgan fingerprint density at radius 2 is 2.07 bits per heavy atom. The first-order valence-electron chi connectivity index (χ1n) is 8.45. The smallest absolute Gasteiger partial charge is 0.325 e. The van der Waals surface area contributed by atoms with Crippen LogP contribution in [0.1, 0.15) is 18.1 Å². The van der Waals surface area contributed by atoms with Crippen molar-refractivity contribution in [3.8, 4) is 5.75 Å². The lowest BCUT2D eigenvalue weighted by Gasteiger charge is -2.23. The molecule has 1 aliphatic rings. The molecule has 9 heteroatoms. The number of carbonyl (C=O) groups is 3. The van der Waals surface area contributed by atoms with Gasteiger partial charge in [0.05, 0.1) is 12.1 Å². The van der Waals surface area contributed by atoms with Gasteiger partial charge in [-0.1, -0.05) is 17.7 Å². The van der Waals surface area contributed by atoms with E-state index in [1.165, 1.54) is 12.3 Å². The Morgan fingerprint density at radius 3 is 2.68 bits per heavy atom. The lowest BCUT2D eigenvalue weighted by atomic mass is 9.90. The number of halogens is 1. The largest absolute Gasteiger partial charge is 0.496 e. The minimum Gasteiger partial charge on any atom is -0.496 e. The second-order valence-corrected chi connectivity index (χ2v) is 6.98. The number of nitrogens with zero attached hydrogens (tertiary/aromatic N) is 2. The summed E-state index contributed by atoms with van der Waals surface area (Å²) in [6.45, 7) is 3.02. The van der Waals surface area contributed by atoms with E-state index < -0.39 is 29.9 Å². The van der Waals surface area contributed by atoms with Crippen molar-refractivity contribution < 1.29 is 19.1 Å². The number of aryl methyl sites for hydroxylation is 1. The topological polar surface area (TPSA) is 101 Å². The highest BCUT2D eigenvalue weighted by Gasteiger charge is 2.49. The molecule has 146 valence electrons. The summed E-state index contributed by atoms with van der Waals surface area (Å²) in [7, 11) is 1.56. The van der Waals surface area contributed by atoms with Crippen LogP contribution in [0.2, 0.25) is 5.02 Å². The van der Waals surface area contributed by atoms with Gasteiger partial charge in [-0.15, -0.1) is 0 Å². The molecule has 28 heavy (non-hydrogen) atoms. The van der Waals surface area contributed by atoms with Crippen molar-refractivity contribution in [1.29, 1.82) is 0 Å². The van der Waals surface area contributed by atoms with Crippen molar-refractivity contribution in [3.63, 3.8) is 0 Å². The van der Waals surface area contributed by atoms with Gasteiger partial charge in [-0.2, -0.15) is 0 Å². The molecule has 8 nitrogen and oxygen atoms in total. The fraction of sp³-hybridized carbons (Fsp3) is 0.263. The molecule has 1 aromatic heterocycles. The standard InChI is InChI=1S/C19H19ClN4O4/c1-11-8-12(4-6-14(11)28-3)19(2)17(26)24(18(27)23-19)10-16(25)22-15-7-5-13(20)9-21-15/h4-9H,10H2,1-3H3,(H,23,27)(H,21,22,25). The van der Waals surface area contributed by atoms with Crippen LogP contribution in [0.25, 0.3) is 0 Å². The number of carbonyl (C=O) groups excluding carboxylic acids is 3. The molecular formula is C19H19ClN4O4. The maximum Gasteiger partial charge on any atom is 0.325 e. The number of rotatable bonds is 5. The molecule has 0 aliphatic carbocycles. The fourth-order valence-electron chi connectivity index (χ4n) is 3.00.